The number of hydrogen-bond donors (Lipinski definition) is 2. The lowest BCUT2D eigenvalue weighted by atomic mass is 10.2. The van der Waals surface area contributed by atoms with Gasteiger partial charge in [0.2, 0.25) is 0 Å². The van der Waals surface area contributed by atoms with Crippen LogP contribution in [0.3, 0.4) is 0 Å². The molecule has 0 aromatic heterocycles. The van der Waals surface area contributed by atoms with Gasteiger partial charge in [0.15, 0.2) is 0 Å². The van der Waals surface area contributed by atoms with Gasteiger partial charge in [-0.25, -0.2) is 0 Å². The highest BCUT2D eigenvalue weighted by molar-refractivity contribution is 9.11. The van der Waals surface area contributed by atoms with E-state index in [-0.39, 0.29) is 11.8 Å². The summed E-state index contributed by atoms with van der Waals surface area (Å²) in [6.45, 7) is 2.59. The highest BCUT2D eigenvalue weighted by atomic mass is 79.9. The van der Waals surface area contributed by atoms with E-state index in [0.717, 1.165) is 5.56 Å². The molecule has 15 heavy (non-hydrogen) atoms. The minimum atomic E-state index is 0.0383. The Balaban J connectivity index is 2.76. The van der Waals surface area contributed by atoms with Gasteiger partial charge in [0, 0.05) is 6.54 Å². The predicted molar refractivity (Wildman–Crippen MR) is 68.6 cm³/mol. The fourth-order valence-corrected chi connectivity index (χ4v) is 2.33. The van der Waals surface area contributed by atoms with Crippen molar-refractivity contribution in [3.05, 3.63) is 26.6 Å². The first-order valence-corrected chi connectivity index (χ1v) is 5.99. The summed E-state index contributed by atoms with van der Waals surface area (Å²) in [6.07, 6.45) is 5.25. The number of phenolic OH excluding ortho intramolecular Hbond substituents is 1. The van der Waals surface area contributed by atoms with E-state index in [0.29, 0.717) is 15.5 Å². The zero-order valence-electron chi connectivity index (χ0n) is 8.22. The van der Waals surface area contributed by atoms with Crippen LogP contribution in [0.4, 0.5) is 0 Å². The van der Waals surface area contributed by atoms with Crippen LogP contribution >= 0.6 is 31.9 Å². The smallest absolute Gasteiger partial charge is 0.143 e. The molecule has 2 nitrogen and oxygen atoms in total. The zero-order valence-corrected chi connectivity index (χ0v) is 11.4. The summed E-state index contributed by atoms with van der Waals surface area (Å²) in [6, 6.07) is 3.75. The molecule has 0 aliphatic carbocycles. The van der Waals surface area contributed by atoms with Crippen LogP contribution in [0, 0.1) is 12.3 Å². The average molecular weight is 333 g/mol. The molecule has 0 radical (unpaired) electrons. The SMILES string of the molecule is C#CC(C)NCc1cc(Br)c(O)c(Br)c1. The number of halogens is 2. The lowest BCUT2D eigenvalue weighted by Gasteiger charge is -2.09. The van der Waals surface area contributed by atoms with Crippen molar-refractivity contribution in [1.29, 1.82) is 0 Å². The number of aromatic hydroxyl groups is 1. The summed E-state index contributed by atoms with van der Waals surface area (Å²) >= 11 is 6.55. The Morgan fingerprint density at radius 2 is 2.00 bits per heavy atom. The quantitative estimate of drug-likeness (QED) is 0.834. The molecule has 4 heteroatoms. The van der Waals surface area contributed by atoms with Gasteiger partial charge in [-0.15, -0.1) is 6.42 Å². The summed E-state index contributed by atoms with van der Waals surface area (Å²) in [4.78, 5) is 0. The van der Waals surface area contributed by atoms with Crippen LogP contribution in [0.2, 0.25) is 0 Å². The molecule has 0 fully saturated rings. The Bertz CT molecular complexity index is 375. The van der Waals surface area contributed by atoms with E-state index < -0.39 is 0 Å². The maximum atomic E-state index is 9.51. The summed E-state index contributed by atoms with van der Waals surface area (Å²) < 4.78 is 1.34. The van der Waals surface area contributed by atoms with E-state index in [4.69, 9.17) is 6.42 Å². The number of hydrogen-bond acceptors (Lipinski definition) is 2. The van der Waals surface area contributed by atoms with Gasteiger partial charge in [-0.2, -0.15) is 0 Å². The molecule has 1 atom stereocenters. The average Bonchev–Trinajstić information content (AvgIpc) is 2.22. The molecule has 0 saturated carbocycles. The minimum Gasteiger partial charge on any atom is -0.506 e. The molecule has 0 amide bonds. The van der Waals surface area contributed by atoms with Gasteiger partial charge in [-0.05, 0) is 56.5 Å². The highest BCUT2D eigenvalue weighted by Gasteiger charge is 2.06. The molecular formula is C11H11Br2NO. The van der Waals surface area contributed by atoms with Crippen molar-refractivity contribution in [1.82, 2.24) is 5.32 Å². The first kappa shape index (κ1) is 12.6. The molecule has 1 aromatic rings. The van der Waals surface area contributed by atoms with E-state index in [2.05, 4.69) is 43.1 Å². The van der Waals surface area contributed by atoms with Crippen LogP contribution in [0.1, 0.15) is 12.5 Å². The molecule has 0 spiro atoms. The molecular weight excluding hydrogens is 322 g/mol. The molecule has 0 aliphatic heterocycles. The van der Waals surface area contributed by atoms with E-state index in [1.54, 1.807) is 0 Å². The topological polar surface area (TPSA) is 32.3 Å². The molecule has 80 valence electrons. The minimum absolute atomic E-state index is 0.0383. The van der Waals surface area contributed by atoms with Gasteiger partial charge >= 0.3 is 0 Å². The Labute approximate surface area is 106 Å². The van der Waals surface area contributed by atoms with Crippen molar-refractivity contribution in [2.75, 3.05) is 0 Å². The van der Waals surface area contributed by atoms with Crippen LogP contribution in [-0.4, -0.2) is 11.1 Å². The molecule has 0 bridgehead atoms. The van der Waals surface area contributed by atoms with Crippen molar-refractivity contribution in [3.8, 4) is 18.1 Å². The van der Waals surface area contributed by atoms with Crippen molar-refractivity contribution >= 4 is 31.9 Å². The van der Waals surface area contributed by atoms with Gasteiger partial charge in [-0.3, -0.25) is 5.32 Å². The molecule has 2 N–H and O–H groups in total. The summed E-state index contributed by atoms with van der Waals surface area (Å²) in [5.41, 5.74) is 1.05. The second-order valence-electron chi connectivity index (χ2n) is 3.18. The predicted octanol–water partition coefficient (Wildman–Crippen LogP) is 3.03. The maximum Gasteiger partial charge on any atom is 0.143 e. The van der Waals surface area contributed by atoms with Crippen LogP contribution in [0.15, 0.2) is 21.1 Å². The maximum absolute atomic E-state index is 9.51. The van der Waals surface area contributed by atoms with Gasteiger partial charge in [-0.1, -0.05) is 5.92 Å². The largest absolute Gasteiger partial charge is 0.506 e. The van der Waals surface area contributed by atoms with E-state index >= 15 is 0 Å². The number of nitrogens with one attached hydrogen (secondary N) is 1. The number of terminal acetylenes is 1. The number of benzene rings is 1. The molecule has 0 saturated heterocycles. The molecule has 1 rings (SSSR count). The van der Waals surface area contributed by atoms with Crippen LogP contribution < -0.4 is 5.32 Å². The normalized spacial score (nSPS) is 12.1. The lowest BCUT2D eigenvalue weighted by Crippen LogP contribution is -2.23. The Morgan fingerprint density at radius 3 is 2.47 bits per heavy atom. The Morgan fingerprint density at radius 1 is 1.47 bits per heavy atom. The van der Waals surface area contributed by atoms with Crippen molar-refractivity contribution in [2.45, 2.75) is 19.5 Å². The van der Waals surface area contributed by atoms with Gasteiger partial charge < -0.3 is 5.11 Å². The standard InChI is InChI=1S/C11H11Br2NO/c1-3-7(2)14-6-8-4-9(12)11(15)10(13)5-8/h1,4-5,7,14-15H,6H2,2H3. The molecule has 1 unspecified atom stereocenters. The Kier molecular flexibility index (Phi) is 4.65. The summed E-state index contributed by atoms with van der Waals surface area (Å²) in [7, 11) is 0. The monoisotopic (exact) mass is 331 g/mol. The van der Waals surface area contributed by atoms with E-state index in [1.807, 2.05) is 19.1 Å². The molecule has 1 aromatic carbocycles. The van der Waals surface area contributed by atoms with Gasteiger partial charge in [0.25, 0.3) is 0 Å². The second-order valence-corrected chi connectivity index (χ2v) is 4.89. The van der Waals surface area contributed by atoms with Crippen molar-refractivity contribution in [3.63, 3.8) is 0 Å². The highest BCUT2D eigenvalue weighted by Crippen LogP contribution is 2.33. The van der Waals surface area contributed by atoms with Crippen LogP contribution in [-0.2, 0) is 6.54 Å². The first-order valence-electron chi connectivity index (χ1n) is 4.41. The second kappa shape index (κ2) is 5.55. The molecule has 0 aliphatic rings. The fourth-order valence-electron chi connectivity index (χ4n) is 1.05. The van der Waals surface area contributed by atoms with Crippen molar-refractivity contribution < 1.29 is 5.11 Å². The lowest BCUT2D eigenvalue weighted by molar-refractivity contribution is 0.468. The summed E-state index contributed by atoms with van der Waals surface area (Å²) in [5, 5.41) is 12.7. The van der Waals surface area contributed by atoms with Crippen LogP contribution in [0.25, 0.3) is 0 Å². The third kappa shape index (κ3) is 3.53. The number of phenols is 1. The van der Waals surface area contributed by atoms with E-state index in [1.165, 1.54) is 0 Å². The zero-order chi connectivity index (χ0) is 11.4. The third-order valence-corrected chi connectivity index (χ3v) is 3.15. The van der Waals surface area contributed by atoms with Gasteiger partial charge in [0.05, 0.1) is 15.0 Å². The molecule has 0 heterocycles. The Hall–Kier alpha value is -0.500. The third-order valence-electron chi connectivity index (χ3n) is 1.94. The fraction of sp³-hybridized carbons (Fsp3) is 0.273. The summed E-state index contributed by atoms with van der Waals surface area (Å²) in [5.74, 6) is 2.80. The van der Waals surface area contributed by atoms with Gasteiger partial charge in [0.1, 0.15) is 5.75 Å². The van der Waals surface area contributed by atoms with E-state index in [9.17, 15) is 5.11 Å². The van der Waals surface area contributed by atoms with Crippen LogP contribution in [0.5, 0.6) is 5.75 Å². The number of rotatable bonds is 3. The van der Waals surface area contributed by atoms with Crippen molar-refractivity contribution in [2.24, 2.45) is 0 Å². The first-order chi connectivity index (χ1) is 7.04.